The number of carboxylic acid groups (broad SMARTS) is 1. The summed E-state index contributed by atoms with van der Waals surface area (Å²) in [5.41, 5.74) is 9.63. The van der Waals surface area contributed by atoms with Crippen LogP contribution in [0.3, 0.4) is 0 Å². The molecule has 1 aliphatic rings. The highest BCUT2D eigenvalue weighted by atomic mass is 35.5. The molecule has 3 N–H and O–H groups in total. The monoisotopic (exact) mass is 439 g/mol. The predicted molar refractivity (Wildman–Crippen MR) is 112 cm³/mol. The Morgan fingerprint density at radius 2 is 2.25 bits per heavy atom. The molecule has 1 amide bonds. The van der Waals surface area contributed by atoms with Gasteiger partial charge in [0.15, 0.2) is 10.0 Å². The Labute approximate surface area is 177 Å². The van der Waals surface area contributed by atoms with Crippen LogP contribution in [0, 0.1) is 13.8 Å². The highest BCUT2D eigenvalue weighted by Gasteiger charge is 2.36. The number of halogens is 1. The Morgan fingerprint density at radius 1 is 1.50 bits per heavy atom. The van der Waals surface area contributed by atoms with Crippen molar-refractivity contribution in [1.29, 1.82) is 0 Å². The Kier molecular flexibility index (Phi) is 6.65. The fraction of sp³-hybridized carbons (Fsp3) is 0.421. The number of benzene rings is 1. The summed E-state index contributed by atoms with van der Waals surface area (Å²) in [5, 5.41) is 11.1. The van der Waals surface area contributed by atoms with Crippen molar-refractivity contribution in [2.45, 2.75) is 43.1 Å². The average molecular weight is 440 g/mol. The summed E-state index contributed by atoms with van der Waals surface area (Å²) in [4.78, 5) is 29.2. The van der Waals surface area contributed by atoms with E-state index in [2.05, 4.69) is 11.1 Å². The van der Waals surface area contributed by atoms with Crippen LogP contribution in [0.15, 0.2) is 21.9 Å². The van der Waals surface area contributed by atoms with Crippen molar-refractivity contribution in [3.63, 3.8) is 0 Å². The van der Waals surface area contributed by atoms with Crippen molar-refractivity contribution in [2.75, 3.05) is 12.3 Å². The fourth-order valence-corrected chi connectivity index (χ4v) is 5.87. The average Bonchev–Trinajstić information content (AvgIpc) is 3.21. The van der Waals surface area contributed by atoms with Gasteiger partial charge in [0.05, 0.1) is 12.1 Å². The van der Waals surface area contributed by atoms with E-state index < -0.39 is 5.97 Å². The Balaban J connectivity index is 1.68. The van der Waals surface area contributed by atoms with Crippen LogP contribution in [0.5, 0.6) is 0 Å². The SMILES string of the molecule is Cc1cc(C)c(C(N)[C@H]2CCC(=O)N2CCSc2nc(C(=O)O)cs2)c(Cl)c1. The summed E-state index contributed by atoms with van der Waals surface area (Å²) >= 11 is 9.21. The lowest BCUT2D eigenvalue weighted by Gasteiger charge is -2.31. The number of aromatic nitrogens is 1. The van der Waals surface area contributed by atoms with Gasteiger partial charge >= 0.3 is 5.97 Å². The zero-order valence-corrected chi connectivity index (χ0v) is 18.0. The minimum Gasteiger partial charge on any atom is -0.476 e. The number of thiazole rings is 1. The molecule has 1 aromatic heterocycles. The highest BCUT2D eigenvalue weighted by Crippen LogP contribution is 2.35. The molecular weight excluding hydrogens is 418 g/mol. The Bertz CT molecular complexity index is 879. The lowest BCUT2D eigenvalue weighted by molar-refractivity contribution is -0.128. The molecule has 1 fully saturated rings. The smallest absolute Gasteiger partial charge is 0.355 e. The van der Waals surface area contributed by atoms with E-state index in [0.717, 1.165) is 16.7 Å². The number of carboxylic acids is 1. The number of amides is 1. The molecule has 6 nitrogen and oxygen atoms in total. The number of rotatable bonds is 7. The van der Waals surface area contributed by atoms with E-state index in [0.29, 0.717) is 34.5 Å². The number of hydrogen-bond donors (Lipinski definition) is 2. The van der Waals surface area contributed by atoms with Crippen LogP contribution in [0.2, 0.25) is 5.02 Å². The van der Waals surface area contributed by atoms with E-state index in [-0.39, 0.29) is 23.7 Å². The molecular formula is C19H22ClN3O3S2. The molecule has 1 aromatic carbocycles. The van der Waals surface area contributed by atoms with Crippen molar-refractivity contribution in [3.8, 4) is 0 Å². The summed E-state index contributed by atoms with van der Waals surface area (Å²) in [6.45, 7) is 4.52. The number of thioether (sulfide) groups is 1. The van der Waals surface area contributed by atoms with Crippen LogP contribution in [-0.4, -0.2) is 45.2 Å². The lowest BCUT2D eigenvalue weighted by atomic mass is 9.93. The largest absolute Gasteiger partial charge is 0.476 e. The van der Waals surface area contributed by atoms with Gasteiger partial charge in [0.25, 0.3) is 0 Å². The second kappa shape index (κ2) is 8.82. The van der Waals surface area contributed by atoms with Gasteiger partial charge in [0, 0.05) is 29.1 Å². The molecule has 9 heteroatoms. The maximum Gasteiger partial charge on any atom is 0.355 e. The van der Waals surface area contributed by atoms with E-state index in [1.54, 1.807) is 0 Å². The summed E-state index contributed by atoms with van der Waals surface area (Å²) in [6, 6.07) is 3.52. The van der Waals surface area contributed by atoms with Gasteiger partial charge in [-0.25, -0.2) is 9.78 Å². The number of carbonyl (C=O) groups is 2. The normalized spacial score (nSPS) is 17.9. The van der Waals surface area contributed by atoms with Gasteiger partial charge in [-0.1, -0.05) is 29.4 Å². The van der Waals surface area contributed by atoms with Crippen LogP contribution in [0.25, 0.3) is 0 Å². The van der Waals surface area contributed by atoms with E-state index >= 15 is 0 Å². The van der Waals surface area contributed by atoms with E-state index in [4.69, 9.17) is 22.4 Å². The van der Waals surface area contributed by atoms with E-state index in [1.165, 1.54) is 28.5 Å². The van der Waals surface area contributed by atoms with Crippen LogP contribution < -0.4 is 5.73 Å². The number of hydrogen-bond acceptors (Lipinski definition) is 6. The second-order valence-electron chi connectivity index (χ2n) is 6.85. The van der Waals surface area contributed by atoms with E-state index in [9.17, 15) is 9.59 Å². The zero-order chi connectivity index (χ0) is 20.4. The van der Waals surface area contributed by atoms with Crippen LogP contribution in [0.4, 0.5) is 0 Å². The predicted octanol–water partition coefficient (Wildman–Crippen LogP) is 3.89. The quantitative estimate of drug-likeness (QED) is 0.635. The van der Waals surface area contributed by atoms with Crippen LogP contribution >= 0.6 is 34.7 Å². The van der Waals surface area contributed by atoms with Crippen molar-refractivity contribution in [3.05, 3.63) is 44.9 Å². The summed E-state index contributed by atoms with van der Waals surface area (Å²) in [7, 11) is 0. The molecule has 0 aliphatic carbocycles. The third-order valence-electron chi connectivity index (χ3n) is 4.86. The Morgan fingerprint density at radius 3 is 2.89 bits per heavy atom. The minimum absolute atomic E-state index is 0.0501. The number of carbonyl (C=O) groups excluding carboxylic acids is 1. The summed E-state index contributed by atoms with van der Waals surface area (Å²) in [5.74, 6) is -0.316. The first-order valence-electron chi connectivity index (χ1n) is 8.91. The topological polar surface area (TPSA) is 96.5 Å². The molecule has 0 saturated carbocycles. The molecule has 28 heavy (non-hydrogen) atoms. The molecule has 3 rings (SSSR count). The molecule has 0 bridgehead atoms. The molecule has 1 aliphatic heterocycles. The lowest BCUT2D eigenvalue weighted by Crippen LogP contribution is -2.42. The maximum absolute atomic E-state index is 12.4. The molecule has 1 saturated heterocycles. The van der Waals surface area contributed by atoms with Gasteiger partial charge in [-0.05, 0) is 43.0 Å². The number of aryl methyl sites for hydroxylation is 2. The summed E-state index contributed by atoms with van der Waals surface area (Å²) < 4.78 is 0.683. The standard InChI is InChI=1S/C19H22ClN3O3S2/c1-10-7-11(2)16(12(20)8-10)17(21)14-3-4-15(24)23(14)5-6-27-19-22-13(9-28-19)18(25)26/h7-9,14,17H,3-6,21H2,1-2H3,(H,25,26)/t14-,17?/m1/s1. The number of likely N-dealkylation sites (tertiary alicyclic amines) is 1. The van der Waals surface area contributed by atoms with Gasteiger partial charge in [-0.3, -0.25) is 4.79 Å². The van der Waals surface area contributed by atoms with Gasteiger partial charge in [-0.15, -0.1) is 11.3 Å². The first kappa shape index (κ1) is 21.1. The molecule has 2 heterocycles. The molecule has 1 unspecified atom stereocenters. The zero-order valence-electron chi connectivity index (χ0n) is 15.6. The van der Waals surface area contributed by atoms with Crippen LogP contribution in [0.1, 0.15) is 46.1 Å². The molecule has 0 spiro atoms. The third kappa shape index (κ3) is 4.51. The first-order valence-corrected chi connectivity index (χ1v) is 11.2. The minimum atomic E-state index is -1.03. The molecule has 150 valence electrons. The Hall–Kier alpha value is -1.61. The molecule has 2 aromatic rings. The van der Waals surface area contributed by atoms with Gasteiger partial charge in [0.2, 0.25) is 5.91 Å². The van der Waals surface area contributed by atoms with Crippen molar-refractivity contribution in [2.24, 2.45) is 5.73 Å². The fourth-order valence-electron chi connectivity index (χ4n) is 3.61. The number of aromatic carboxylic acids is 1. The first-order chi connectivity index (χ1) is 13.3. The highest BCUT2D eigenvalue weighted by molar-refractivity contribution is 8.01. The number of nitrogens with zero attached hydrogens (tertiary/aromatic N) is 2. The maximum atomic E-state index is 12.4. The van der Waals surface area contributed by atoms with Crippen molar-refractivity contribution in [1.82, 2.24) is 9.88 Å². The van der Waals surface area contributed by atoms with E-state index in [1.807, 2.05) is 24.8 Å². The molecule has 0 radical (unpaired) electrons. The second-order valence-corrected chi connectivity index (χ2v) is 9.46. The molecule has 2 atom stereocenters. The third-order valence-corrected chi connectivity index (χ3v) is 7.18. The van der Waals surface area contributed by atoms with Crippen molar-refractivity contribution >= 4 is 46.6 Å². The van der Waals surface area contributed by atoms with Crippen LogP contribution in [-0.2, 0) is 4.79 Å². The summed E-state index contributed by atoms with van der Waals surface area (Å²) in [6.07, 6.45) is 1.18. The van der Waals surface area contributed by atoms with Gasteiger partial charge < -0.3 is 15.7 Å². The number of nitrogens with two attached hydrogens (primary N) is 1. The van der Waals surface area contributed by atoms with Gasteiger partial charge in [-0.2, -0.15) is 0 Å². The van der Waals surface area contributed by atoms with Gasteiger partial charge in [0.1, 0.15) is 0 Å². The van der Waals surface area contributed by atoms with Crippen molar-refractivity contribution < 1.29 is 14.7 Å².